The first-order valence-electron chi connectivity index (χ1n) is 17.8. The van der Waals surface area contributed by atoms with Gasteiger partial charge in [-0.2, -0.15) is 0 Å². The minimum Gasteiger partial charge on any atom is -0.468 e. The molecule has 4 heterocycles. The molecule has 7 rings (SSSR count). The number of fused-ring (bicyclic) bond motifs is 1. The summed E-state index contributed by atoms with van der Waals surface area (Å²) in [6.45, 7) is 0.991. The molecule has 3 aliphatic heterocycles. The Bertz CT molecular complexity index is 2170. The highest BCUT2D eigenvalue weighted by molar-refractivity contribution is 7.11. The summed E-state index contributed by atoms with van der Waals surface area (Å²) in [6.07, 6.45) is 2.30. The third-order valence-electron chi connectivity index (χ3n) is 9.97. The van der Waals surface area contributed by atoms with Crippen molar-refractivity contribution in [3.63, 3.8) is 0 Å². The van der Waals surface area contributed by atoms with Gasteiger partial charge >= 0.3 is 23.9 Å². The zero-order valence-corrected chi connectivity index (χ0v) is 32.1. The van der Waals surface area contributed by atoms with E-state index in [0.29, 0.717) is 34.2 Å². The van der Waals surface area contributed by atoms with Gasteiger partial charge in [-0.15, -0.1) is 11.3 Å². The van der Waals surface area contributed by atoms with Crippen LogP contribution >= 0.6 is 22.9 Å². The Hall–Kier alpha value is -5.64. The zero-order valence-electron chi connectivity index (χ0n) is 30.5. The molecule has 13 nitrogen and oxygen atoms in total. The number of ether oxygens (including phenoxy) is 3. The van der Waals surface area contributed by atoms with Gasteiger partial charge in [0.15, 0.2) is 10.8 Å². The number of halogens is 2. The lowest BCUT2D eigenvalue weighted by Crippen LogP contribution is -2.62. The number of nitrogens with one attached hydrogen (secondary N) is 1. The van der Waals surface area contributed by atoms with E-state index in [1.54, 1.807) is 21.4 Å². The third-order valence-corrected chi connectivity index (χ3v) is 11.1. The van der Waals surface area contributed by atoms with E-state index in [1.165, 1.54) is 37.7 Å². The summed E-state index contributed by atoms with van der Waals surface area (Å²) in [5.41, 5.74) is 3.35. The number of methoxy groups -OCH3 is 2. The van der Waals surface area contributed by atoms with Crippen LogP contribution in [0, 0.1) is 5.82 Å². The van der Waals surface area contributed by atoms with Crippen LogP contribution in [0.2, 0.25) is 5.02 Å². The Kier molecular flexibility index (Phi) is 11.7. The van der Waals surface area contributed by atoms with Crippen LogP contribution in [-0.4, -0.2) is 97.0 Å². The first-order chi connectivity index (χ1) is 27.1. The van der Waals surface area contributed by atoms with Crippen molar-refractivity contribution in [3.8, 4) is 0 Å². The Morgan fingerprint density at radius 2 is 1.79 bits per heavy atom. The van der Waals surface area contributed by atoms with E-state index in [1.807, 2.05) is 59.5 Å². The van der Waals surface area contributed by atoms with E-state index >= 15 is 0 Å². The summed E-state index contributed by atoms with van der Waals surface area (Å²) in [7, 11) is 2.54. The summed E-state index contributed by atoms with van der Waals surface area (Å²) in [6, 6.07) is 18.0. The summed E-state index contributed by atoms with van der Waals surface area (Å²) in [5, 5.41) is 5.65. The molecule has 2 saturated heterocycles. The molecule has 0 aliphatic carbocycles. The van der Waals surface area contributed by atoms with Crippen molar-refractivity contribution < 1.29 is 37.8 Å². The number of carbonyl (C=O) groups is 4. The number of esters is 3. The van der Waals surface area contributed by atoms with E-state index in [0.717, 1.165) is 17.2 Å². The number of urea groups is 1. The largest absolute Gasteiger partial charge is 0.468 e. The predicted octanol–water partition coefficient (Wildman–Crippen LogP) is 5.30. The highest BCUT2D eigenvalue weighted by Crippen LogP contribution is 2.38. The second-order valence-corrected chi connectivity index (χ2v) is 14.6. The Balaban J connectivity index is 1.11. The van der Waals surface area contributed by atoms with E-state index in [4.69, 9.17) is 30.8 Å². The lowest BCUT2D eigenvalue weighted by atomic mass is 9.94. The van der Waals surface area contributed by atoms with E-state index in [-0.39, 0.29) is 61.8 Å². The maximum absolute atomic E-state index is 14.1. The fourth-order valence-electron chi connectivity index (χ4n) is 7.20. The maximum atomic E-state index is 14.1. The number of anilines is 1. The summed E-state index contributed by atoms with van der Waals surface area (Å²) in [5.74, 6) is -1.74. The molecule has 3 atom stereocenters. The van der Waals surface area contributed by atoms with Crippen LogP contribution in [0.25, 0.3) is 0 Å². The number of aromatic nitrogens is 1. The number of aryl methyl sites for hydroxylation is 1. The molecular weight excluding hydrogens is 763 g/mol. The van der Waals surface area contributed by atoms with E-state index < -0.39 is 35.9 Å². The zero-order chi connectivity index (χ0) is 39.3. The third kappa shape index (κ3) is 8.15. The number of amides is 2. The van der Waals surface area contributed by atoms with Crippen LogP contribution in [0.3, 0.4) is 0 Å². The molecule has 4 aromatic rings. The molecule has 0 unspecified atom stereocenters. The molecule has 0 spiro atoms. The molecule has 0 saturated carbocycles. The van der Waals surface area contributed by atoms with Crippen molar-refractivity contribution >= 4 is 58.4 Å². The molecule has 0 radical (unpaired) electrons. The van der Waals surface area contributed by atoms with Crippen LogP contribution < -0.4 is 10.2 Å². The monoisotopic (exact) mass is 800 g/mol. The Labute approximate surface area is 331 Å². The number of thiazole rings is 1. The van der Waals surface area contributed by atoms with Crippen LogP contribution in [0.4, 0.5) is 14.9 Å². The molecule has 16 heteroatoms. The maximum Gasteiger partial charge on any atom is 0.338 e. The molecule has 3 aliphatic rings. The number of benzene rings is 3. The number of hydrogen-bond donors (Lipinski definition) is 1. The fourth-order valence-corrected chi connectivity index (χ4v) is 8.06. The first kappa shape index (κ1) is 38.6. The number of rotatable bonds is 12. The minimum absolute atomic E-state index is 0.0327. The van der Waals surface area contributed by atoms with Gasteiger partial charge in [0.25, 0.3) is 0 Å². The van der Waals surface area contributed by atoms with Crippen molar-refractivity contribution in [1.82, 2.24) is 20.1 Å². The van der Waals surface area contributed by atoms with Gasteiger partial charge in [0, 0.05) is 59.6 Å². The summed E-state index contributed by atoms with van der Waals surface area (Å²) < 4.78 is 30.1. The molecule has 2 amide bonds. The molecule has 56 heavy (non-hydrogen) atoms. The smallest absolute Gasteiger partial charge is 0.338 e. The lowest BCUT2D eigenvalue weighted by molar-refractivity contribution is -0.150. The molecule has 3 aromatic carbocycles. The predicted molar refractivity (Wildman–Crippen MR) is 207 cm³/mol. The quantitative estimate of drug-likeness (QED) is 0.148. The standard InChI is InChI=1S/C40H38ClFN6O7S/c1-53-38(50)33-30(44-36(37-43-16-19-56-37)45-34(33)28-14-11-26(42)20-29(28)41)21-46-17-18-47-31(35(46)39(51)54-2)22-48(40(47)52)27-12-8-24(9-13-27)10-15-32(49)55-23-25-6-4-3-5-7-25/h3-9,11-14,16,19-20,31,34-35H,10,15,17-18,21-23H2,1-2H3,(H,44,45)/t31-,34+,35+/m1/s1. The van der Waals surface area contributed by atoms with Gasteiger partial charge in [-0.05, 0) is 41.8 Å². The van der Waals surface area contributed by atoms with Crippen molar-refractivity contribution in [2.24, 2.45) is 4.99 Å². The summed E-state index contributed by atoms with van der Waals surface area (Å²) >= 11 is 7.86. The van der Waals surface area contributed by atoms with Gasteiger partial charge in [-0.25, -0.2) is 19.0 Å². The molecule has 2 fully saturated rings. The van der Waals surface area contributed by atoms with Crippen LogP contribution in [0.5, 0.6) is 0 Å². The van der Waals surface area contributed by atoms with Gasteiger partial charge in [0.2, 0.25) is 0 Å². The number of piperazine rings is 1. The van der Waals surface area contributed by atoms with Gasteiger partial charge in [0.05, 0.1) is 32.4 Å². The van der Waals surface area contributed by atoms with E-state index in [2.05, 4.69) is 10.3 Å². The number of carbonyl (C=O) groups excluding carboxylic acids is 4. The van der Waals surface area contributed by atoms with Crippen molar-refractivity contribution in [3.05, 3.63) is 128 Å². The lowest BCUT2D eigenvalue weighted by Gasteiger charge is -2.42. The Morgan fingerprint density at radius 1 is 1.00 bits per heavy atom. The van der Waals surface area contributed by atoms with Gasteiger partial charge in [-0.1, -0.05) is 60.1 Å². The normalized spacial score (nSPS) is 19.6. The van der Waals surface area contributed by atoms with Crippen molar-refractivity contribution in [2.45, 2.75) is 37.6 Å². The highest BCUT2D eigenvalue weighted by Gasteiger charge is 2.51. The van der Waals surface area contributed by atoms with Crippen molar-refractivity contribution in [1.29, 1.82) is 0 Å². The second-order valence-electron chi connectivity index (χ2n) is 13.3. The second kappa shape index (κ2) is 17.0. The van der Waals surface area contributed by atoms with Crippen LogP contribution in [0.1, 0.15) is 34.2 Å². The van der Waals surface area contributed by atoms with Gasteiger partial charge in [-0.3, -0.25) is 24.4 Å². The first-order valence-corrected chi connectivity index (χ1v) is 19.1. The topological polar surface area (TPSA) is 143 Å². The number of hydrogen-bond acceptors (Lipinski definition) is 12. The molecular formula is C40H38ClFN6O7S. The van der Waals surface area contributed by atoms with Crippen LogP contribution in [0.15, 0.2) is 101 Å². The Morgan fingerprint density at radius 3 is 2.48 bits per heavy atom. The SMILES string of the molecule is COC(=O)C1=C(CN2CCN3C(=O)N(c4ccc(CCC(=O)OCc5ccccc5)cc4)C[C@@H]3[C@H]2C(=O)OC)NC(c2nccs2)=N[C@H]1c1ccc(F)cc1Cl. The van der Waals surface area contributed by atoms with Crippen LogP contribution in [-0.2, 0) is 41.6 Å². The average molecular weight is 801 g/mol. The summed E-state index contributed by atoms with van der Waals surface area (Å²) in [4.78, 5) is 67.8. The van der Waals surface area contributed by atoms with E-state index in [9.17, 15) is 23.6 Å². The van der Waals surface area contributed by atoms with Gasteiger partial charge < -0.3 is 24.4 Å². The minimum atomic E-state index is -0.991. The molecule has 1 N–H and O–H groups in total. The number of nitrogens with zero attached hydrogens (tertiary/aromatic N) is 5. The van der Waals surface area contributed by atoms with Gasteiger partial charge in [0.1, 0.15) is 24.5 Å². The highest BCUT2D eigenvalue weighted by atomic mass is 35.5. The molecule has 290 valence electrons. The molecule has 1 aromatic heterocycles. The van der Waals surface area contributed by atoms with Crippen molar-refractivity contribution in [2.75, 3.05) is 45.3 Å². The average Bonchev–Trinajstić information content (AvgIpc) is 3.88. The fraction of sp³-hybridized carbons (Fsp3) is 0.300. The number of aliphatic imine (C=N–C) groups is 1. The molecule has 0 bridgehead atoms. The number of amidine groups is 1.